The fraction of sp³-hybridized carbons (Fsp3) is 0.349. The molecule has 9 atom stereocenters. The third-order valence-electron chi connectivity index (χ3n) is 9.78. The van der Waals surface area contributed by atoms with Crippen molar-refractivity contribution < 1.29 is 48.5 Å². The van der Waals surface area contributed by atoms with Gasteiger partial charge in [-0.05, 0) is 33.5 Å². The smallest absolute Gasteiger partial charge is 0.187 e. The Labute approximate surface area is 309 Å². The van der Waals surface area contributed by atoms with Crippen LogP contribution < -0.4 is 4.74 Å². The molecule has 5 aromatic carbocycles. The van der Waals surface area contributed by atoms with Crippen molar-refractivity contribution in [2.24, 2.45) is 0 Å². The topological polar surface area (TPSA) is 125 Å². The van der Waals surface area contributed by atoms with Crippen molar-refractivity contribution in [3.63, 3.8) is 0 Å². The monoisotopic (exact) mass is 722 g/mol. The molecule has 2 saturated heterocycles. The third-order valence-corrected chi connectivity index (χ3v) is 9.78. The van der Waals surface area contributed by atoms with Crippen LogP contribution in [-0.2, 0) is 48.2 Å². The first-order valence-corrected chi connectivity index (χ1v) is 17.9. The first kappa shape index (κ1) is 37.1. The molecule has 2 aliphatic rings. The first-order valence-electron chi connectivity index (χ1n) is 17.9. The lowest BCUT2D eigenvalue weighted by Crippen LogP contribution is -2.61. The molecule has 0 saturated carbocycles. The largest absolute Gasteiger partial charge is 0.496 e. The van der Waals surface area contributed by atoms with Gasteiger partial charge in [0.15, 0.2) is 6.29 Å². The Hall–Kier alpha value is -4.20. The highest BCUT2D eigenvalue weighted by Crippen LogP contribution is 2.44. The van der Waals surface area contributed by atoms with Crippen LogP contribution in [-0.4, -0.2) is 84.7 Å². The van der Waals surface area contributed by atoms with E-state index in [2.05, 4.69) is 0 Å². The molecule has 0 bridgehead atoms. The highest BCUT2D eigenvalue weighted by atomic mass is 16.7. The van der Waals surface area contributed by atoms with E-state index in [9.17, 15) is 15.3 Å². The Kier molecular flexibility index (Phi) is 12.4. The van der Waals surface area contributed by atoms with Gasteiger partial charge in [0.1, 0.15) is 54.6 Å². The summed E-state index contributed by atoms with van der Waals surface area (Å²) in [5, 5.41) is 36.8. The van der Waals surface area contributed by atoms with Crippen molar-refractivity contribution in [3.05, 3.63) is 150 Å². The number of hydrogen-bond acceptors (Lipinski definition) is 10. The normalized spacial score (nSPS) is 27.2. The van der Waals surface area contributed by atoms with E-state index < -0.39 is 55.1 Å². The molecule has 10 heteroatoms. The summed E-state index contributed by atoms with van der Waals surface area (Å²) in [6.45, 7) is 0.781. The minimum atomic E-state index is -1.40. The number of benzene rings is 5. The number of fused-ring (bicyclic) bond motifs is 1. The van der Waals surface area contributed by atoms with Gasteiger partial charge >= 0.3 is 0 Å². The van der Waals surface area contributed by atoms with Gasteiger partial charge in [-0.15, -0.1) is 0 Å². The van der Waals surface area contributed by atoms with Crippen molar-refractivity contribution in [2.45, 2.75) is 74.9 Å². The maximum Gasteiger partial charge on any atom is 0.187 e. The summed E-state index contributed by atoms with van der Waals surface area (Å²) in [7, 11) is 1.58. The van der Waals surface area contributed by atoms with Gasteiger partial charge in [-0.2, -0.15) is 0 Å². The molecule has 0 aromatic heterocycles. The quantitative estimate of drug-likeness (QED) is 0.128. The molecule has 3 N–H and O–H groups in total. The molecule has 2 fully saturated rings. The Morgan fingerprint density at radius 2 is 1.11 bits per heavy atom. The molecule has 2 heterocycles. The van der Waals surface area contributed by atoms with Crippen molar-refractivity contribution in [2.75, 3.05) is 20.3 Å². The molecule has 10 nitrogen and oxygen atoms in total. The third kappa shape index (κ3) is 8.79. The lowest BCUT2D eigenvalue weighted by Gasteiger charge is -2.43. The van der Waals surface area contributed by atoms with E-state index in [4.69, 9.17) is 33.2 Å². The van der Waals surface area contributed by atoms with E-state index in [0.29, 0.717) is 17.9 Å². The van der Waals surface area contributed by atoms with Crippen LogP contribution in [0.3, 0.4) is 0 Å². The lowest BCUT2D eigenvalue weighted by molar-refractivity contribution is -0.329. The van der Waals surface area contributed by atoms with Gasteiger partial charge in [0, 0.05) is 5.56 Å². The molecule has 5 aromatic rings. The van der Waals surface area contributed by atoms with E-state index >= 15 is 0 Å². The summed E-state index contributed by atoms with van der Waals surface area (Å²) in [5.74, 6) is 0.560. The van der Waals surface area contributed by atoms with Crippen molar-refractivity contribution in [3.8, 4) is 5.75 Å². The summed E-state index contributed by atoms with van der Waals surface area (Å²) in [6, 6.07) is 40.6. The van der Waals surface area contributed by atoms with E-state index in [1.54, 1.807) is 7.11 Å². The number of rotatable bonds is 15. The van der Waals surface area contributed by atoms with E-state index in [-0.39, 0.29) is 26.4 Å². The van der Waals surface area contributed by atoms with Crippen LogP contribution in [0.2, 0.25) is 0 Å². The molecule has 0 unspecified atom stereocenters. The van der Waals surface area contributed by atoms with E-state index in [1.165, 1.54) is 0 Å². The van der Waals surface area contributed by atoms with E-state index in [0.717, 1.165) is 27.5 Å². The van der Waals surface area contributed by atoms with Crippen LogP contribution in [0.5, 0.6) is 5.75 Å². The highest BCUT2D eigenvalue weighted by Gasteiger charge is 2.52. The average molecular weight is 723 g/mol. The zero-order valence-electron chi connectivity index (χ0n) is 29.6. The fourth-order valence-corrected chi connectivity index (χ4v) is 7.01. The minimum Gasteiger partial charge on any atom is -0.496 e. The highest BCUT2D eigenvalue weighted by molar-refractivity contribution is 5.88. The van der Waals surface area contributed by atoms with Crippen molar-refractivity contribution in [1.29, 1.82) is 0 Å². The first-order chi connectivity index (χ1) is 26.0. The van der Waals surface area contributed by atoms with Crippen LogP contribution in [0.15, 0.2) is 127 Å². The zero-order chi connectivity index (χ0) is 36.6. The van der Waals surface area contributed by atoms with Crippen LogP contribution in [0.25, 0.3) is 10.8 Å². The number of aliphatic hydroxyl groups excluding tert-OH is 3. The fourth-order valence-electron chi connectivity index (χ4n) is 7.01. The van der Waals surface area contributed by atoms with Crippen LogP contribution in [0, 0.1) is 0 Å². The van der Waals surface area contributed by atoms with Crippen LogP contribution >= 0.6 is 0 Å². The predicted octanol–water partition coefficient (Wildman–Crippen LogP) is 5.50. The van der Waals surface area contributed by atoms with Crippen LogP contribution in [0.4, 0.5) is 0 Å². The zero-order valence-corrected chi connectivity index (χ0v) is 29.6. The maximum absolute atomic E-state index is 12.2. The van der Waals surface area contributed by atoms with Crippen molar-refractivity contribution >= 4 is 10.8 Å². The SMILES string of the molecule is COc1ccc2ccccc2c1[C@@H]1O[C@H](COCc2ccccc2)[C@@H](O[C@H]2O[C@H](COCc3ccccc3)[C@@H](O)[C@H](O)[C@H]2OCc2ccccc2)[C@H]1O. The predicted molar refractivity (Wildman–Crippen MR) is 197 cm³/mol. The number of ether oxygens (including phenoxy) is 7. The second-order valence-corrected chi connectivity index (χ2v) is 13.4. The summed E-state index contributed by atoms with van der Waals surface area (Å²) < 4.78 is 43.8. The number of methoxy groups -OCH3 is 1. The number of aliphatic hydroxyl groups is 3. The molecule has 0 aliphatic carbocycles. The Morgan fingerprint density at radius 1 is 0.547 bits per heavy atom. The van der Waals surface area contributed by atoms with Gasteiger partial charge < -0.3 is 48.5 Å². The van der Waals surface area contributed by atoms with Gasteiger partial charge in [0.2, 0.25) is 0 Å². The Bertz CT molecular complexity index is 1860. The van der Waals surface area contributed by atoms with Crippen LogP contribution in [0.1, 0.15) is 28.4 Å². The number of hydrogen-bond donors (Lipinski definition) is 3. The second kappa shape index (κ2) is 17.7. The van der Waals surface area contributed by atoms with E-state index in [1.807, 2.05) is 127 Å². The summed E-state index contributed by atoms with van der Waals surface area (Å²) in [6.07, 6.45) is -9.89. The molecule has 7 rings (SSSR count). The Balaban J connectivity index is 1.16. The van der Waals surface area contributed by atoms with Gasteiger partial charge in [0.25, 0.3) is 0 Å². The standard InChI is InChI=1S/C43H46O10/c1-47-33-22-21-31-19-11-12-20-32(31)36(33)41-39(46)40(35(51-41)27-49-24-29-15-7-3-8-16-29)53-43-42(50-25-30-17-9-4-10-18-30)38(45)37(44)34(52-43)26-48-23-28-13-5-2-6-14-28/h2-22,34-35,37-46H,23-27H2,1H3/t34-,35-,37-,38+,39-,40-,41+,42-,43-/m1/s1. The minimum absolute atomic E-state index is 0.0262. The molecular formula is C43H46O10. The summed E-state index contributed by atoms with van der Waals surface area (Å²) >= 11 is 0. The molecule has 2 aliphatic heterocycles. The molecular weight excluding hydrogens is 676 g/mol. The maximum atomic E-state index is 12.2. The molecule has 0 spiro atoms. The molecule has 0 amide bonds. The lowest BCUT2D eigenvalue weighted by atomic mass is 9.94. The summed E-state index contributed by atoms with van der Waals surface area (Å²) in [5.41, 5.74) is 3.48. The average Bonchev–Trinajstić information content (AvgIpc) is 3.50. The van der Waals surface area contributed by atoms with Gasteiger partial charge in [0.05, 0.1) is 40.1 Å². The second-order valence-electron chi connectivity index (χ2n) is 13.4. The molecule has 0 radical (unpaired) electrons. The molecule has 53 heavy (non-hydrogen) atoms. The van der Waals surface area contributed by atoms with Crippen molar-refractivity contribution in [1.82, 2.24) is 0 Å². The van der Waals surface area contributed by atoms with Gasteiger partial charge in [-0.1, -0.05) is 121 Å². The summed E-state index contributed by atoms with van der Waals surface area (Å²) in [4.78, 5) is 0. The molecule has 278 valence electrons. The Morgan fingerprint density at radius 3 is 1.74 bits per heavy atom. The van der Waals surface area contributed by atoms with Gasteiger partial charge in [-0.3, -0.25) is 0 Å². The van der Waals surface area contributed by atoms with Gasteiger partial charge in [-0.25, -0.2) is 0 Å².